The Balaban J connectivity index is 2.86. The van der Waals surface area contributed by atoms with Crippen molar-refractivity contribution >= 4 is 22.7 Å². The van der Waals surface area contributed by atoms with Crippen LogP contribution in [0.1, 0.15) is 5.69 Å². The second kappa shape index (κ2) is 3.80. The second-order valence-electron chi connectivity index (χ2n) is 1.90. The molecule has 0 aliphatic heterocycles. The quantitative estimate of drug-likeness (QED) is 0.720. The lowest BCUT2D eigenvalue weighted by Gasteiger charge is -1.97. The zero-order chi connectivity index (χ0) is 8.27. The highest BCUT2D eigenvalue weighted by Crippen LogP contribution is 2.12. The second-order valence-corrected chi connectivity index (χ2v) is 3.24. The minimum atomic E-state index is -1.87. The molecule has 5 heteroatoms. The summed E-state index contributed by atoms with van der Waals surface area (Å²) in [6, 6.07) is 3.31. The van der Waals surface area contributed by atoms with Gasteiger partial charge in [0.15, 0.2) is 11.1 Å². The van der Waals surface area contributed by atoms with Crippen LogP contribution in [0, 0.1) is 0 Å². The van der Waals surface area contributed by atoms with Crippen molar-refractivity contribution in [2.75, 3.05) is 0 Å². The number of rotatable bonds is 2. The molecule has 1 aromatic heterocycles. The van der Waals surface area contributed by atoms with Crippen LogP contribution in [0.4, 0.5) is 0 Å². The van der Waals surface area contributed by atoms with Gasteiger partial charge in [0.05, 0.1) is 16.5 Å². The van der Waals surface area contributed by atoms with Crippen LogP contribution in [0.15, 0.2) is 18.3 Å². The van der Waals surface area contributed by atoms with Gasteiger partial charge >= 0.3 is 0 Å². The van der Waals surface area contributed by atoms with Crippen molar-refractivity contribution in [3.05, 3.63) is 29.0 Å². The van der Waals surface area contributed by atoms with Gasteiger partial charge in [-0.25, -0.2) is 4.21 Å². The molecule has 0 aliphatic rings. The molecule has 60 valence electrons. The summed E-state index contributed by atoms with van der Waals surface area (Å²) in [5, 5.41) is 0.426. The minimum absolute atomic E-state index is 0.0142. The van der Waals surface area contributed by atoms with Crippen molar-refractivity contribution in [2.45, 2.75) is 5.75 Å². The van der Waals surface area contributed by atoms with E-state index in [4.69, 9.17) is 16.2 Å². The molecule has 0 radical (unpaired) electrons. The molecule has 3 nitrogen and oxygen atoms in total. The predicted molar refractivity (Wildman–Crippen MR) is 43.7 cm³/mol. The third-order valence-electron chi connectivity index (χ3n) is 1.09. The Morgan fingerprint density at radius 1 is 1.73 bits per heavy atom. The van der Waals surface area contributed by atoms with Crippen molar-refractivity contribution in [1.29, 1.82) is 0 Å². The Morgan fingerprint density at radius 3 is 3.00 bits per heavy atom. The van der Waals surface area contributed by atoms with Crippen molar-refractivity contribution in [2.24, 2.45) is 0 Å². The van der Waals surface area contributed by atoms with E-state index in [0.29, 0.717) is 10.7 Å². The zero-order valence-electron chi connectivity index (χ0n) is 5.53. The number of nitrogens with zero attached hydrogens (tertiary/aromatic N) is 1. The van der Waals surface area contributed by atoms with Gasteiger partial charge < -0.3 is 4.55 Å². The van der Waals surface area contributed by atoms with Gasteiger partial charge in [0.25, 0.3) is 0 Å². The lowest BCUT2D eigenvalue weighted by Crippen LogP contribution is -1.96. The molecule has 1 rings (SSSR count). The Bertz CT molecular complexity index is 279. The number of pyridine rings is 1. The highest BCUT2D eigenvalue weighted by Gasteiger charge is 2.02. The summed E-state index contributed by atoms with van der Waals surface area (Å²) in [6.45, 7) is 0. The largest absolute Gasteiger partial charge is 0.306 e. The molecule has 1 atom stereocenters. The van der Waals surface area contributed by atoms with E-state index in [9.17, 15) is 4.21 Å². The van der Waals surface area contributed by atoms with E-state index in [1.54, 1.807) is 12.1 Å². The van der Waals surface area contributed by atoms with E-state index in [1.807, 2.05) is 0 Å². The number of halogens is 1. The molecule has 0 aromatic carbocycles. The van der Waals surface area contributed by atoms with Crippen LogP contribution >= 0.6 is 11.6 Å². The summed E-state index contributed by atoms with van der Waals surface area (Å²) < 4.78 is 18.8. The van der Waals surface area contributed by atoms with Crippen molar-refractivity contribution in [3.8, 4) is 0 Å². The van der Waals surface area contributed by atoms with Crippen molar-refractivity contribution < 1.29 is 8.76 Å². The van der Waals surface area contributed by atoms with E-state index in [-0.39, 0.29) is 5.75 Å². The van der Waals surface area contributed by atoms with Crippen LogP contribution in [0.3, 0.4) is 0 Å². The Labute approximate surface area is 71.7 Å². The van der Waals surface area contributed by atoms with Gasteiger partial charge in [0, 0.05) is 6.20 Å². The monoisotopic (exact) mass is 191 g/mol. The Morgan fingerprint density at radius 2 is 2.45 bits per heavy atom. The summed E-state index contributed by atoms with van der Waals surface area (Å²) in [5.41, 5.74) is 0.454. The number of aromatic nitrogens is 1. The molecule has 11 heavy (non-hydrogen) atoms. The highest BCUT2D eigenvalue weighted by atomic mass is 35.5. The average Bonchev–Trinajstić information content (AvgIpc) is 1.93. The lowest BCUT2D eigenvalue weighted by atomic mass is 10.4. The third-order valence-corrected chi connectivity index (χ3v) is 1.96. The molecule has 1 unspecified atom stereocenters. The molecule has 0 fully saturated rings. The molecule has 0 amide bonds. The van der Waals surface area contributed by atoms with Crippen molar-refractivity contribution in [1.82, 2.24) is 4.98 Å². The maximum Gasteiger partial charge on any atom is 0.159 e. The first-order valence-electron chi connectivity index (χ1n) is 2.87. The van der Waals surface area contributed by atoms with E-state index in [1.165, 1.54) is 6.20 Å². The fourth-order valence-electron chi connectivity index (χ4n) is 0.642. The number of hydrogen-bond acceptors (Lipinski definition) is 2. The summed E-state index contributed by atoms with van der Waals surface area (Å²) >= 11 is 3.79. The van der Waals surface area contributed by atoms with Crippen LogP contribution in [0.5, 0.6) is 0 Å². The van der Waals surface area contributed by atoms with Gasteiger partial charge in [0.2, 0.25) is 0 Å². The van der Waals surface area contributed by atoms with Gasteiger partial charge in [-0.15, -0.1) is 0 Å². The normalized spacial score (nSPS) is 12.9. The van der Waals surface area contributed by atoms with Crippen LogP contribution in [0.2, 0.25) is 5.02 Å². The highest BCUT2D eigenvalue weighted by molar-refractivity contribution is 7.78. The third kappa shape index (κ3) is 2.57. The Kier molecular flexibility index (Phi) is 2.99. The fraction of sp³-hybridized carbons (Fsp3) is 0.167. The topological polar surface area (TPSA) is 50.2 Å². The van der Waals surface area contributed by atoms with E-state index < -0.39 is 11.1 Å². The van der Waals surface area contributed by atoms with Crippen LogP contribution < -0.4 is 0 Å². The number of hydrogen-bond donors (Lipinski definition) is 1. The molecule has 1 heterocycles. The summed E-state index contributed by atoms with van der Waals surface area (Å²) in [5.74, 6) is -0.0142. The van der Waals surface area contributed by atoms with Crippen LogP contribution in [0.25, 0.3) is 0 Å². The first-order valence-corrected chi connectivity index (χ1v) is 4.52. The van der Waals surface area contributed by atoms with Crippen LogP contribution in [-0.2, 0) is 16.8 Å². The molecular formula is C6H6ClNO2S. The van der Waals surface area contributed by atoms with E-state index >= 15 is 0 Å². The molecule has 0 saturated carbocycles. The SMILES string of the molecule is O=S(O)Cc1ncccc1Cl. The first-order chi connectivity index (χ1) is 5.20. The molecule has 0 saturated heterocycles. The van der Waals surface area contributed by atoms with Gasteiger partial charge in [-0.3, -0.25) is 4.98 Å². The molecule has 0 bridgehead atoms. The molecule has 0 spiro atoms. The molecule has 0 aliphatic carbocycles. The Hall–Kier alpha value is -0.450. The standard InChI is InChI=1S/C6H6ClNO2S/c7-5-2-1-3-8-6(5)4-11(9)10/h1-3H,4H2,(H,9,10). The molecular weight excluding hydrogens is 186 g/mol. The maximum atomic E-state index is 10.3. The van der Waals surface area contributed by atoms with Gasteiger partial charge in [-0.05, 0) is 12.1 Å². The minimum Gasteiger partial charge on any atom is -0.306 e. The first kappa shape index (κ1) is 8.64. The predicted octanol–water partition coefficient (Wildman–Crippen LogP) is 1.46. The van der Waals surface area contributed by atoms with E-state index in [0.717, 1.165) is 0 Å². The smallest absolute Gasteiger partial charge is 0.159 e. The molecule has 1 N–H and O–H groups in total. The van der Waals surface area contributed by atoms with E-state index in [2.05, 4.69) is 4.98 Å². The summed E-state index contributed by atoms with van der Waals surface area (Å²) in [7, 11) is 0. The van der Waals surface area contributed by atoms with Gasteiger partial charge in [0.1, 0.15) is 0 Å². The maximum absolute atomic E-state index is 10.3. The molecule has 1 aromatic rings. The fourth-order valence-corrected chi connectivity index (χ4v) is 1.37. The van der Waals surface area contributed by atoms with Crippen LogP contribution in [-0.4, -0.2) is 13.7 Å². The summed E-state index contributed by atoms with van der Waals surface area (Å²) in [4.78, 5) is 3.83. The van der Waals surface area contributed by atoms with Gasteiger partial charge in [-0.1, -0.05) is 11.6 Å². The lowest BCUT2D eigenvalue weighted by molar-refractivity contribution is 0.563. The summed E-state index contributed by atoms with van der Waals surface area (Å²) in [6.07, 6.45) is 1.54. The zero-order valence-corrected chi connectivity index (χ0v) is 7.10. The van der Waals surface area contributed by atoms with Gasteiger partial charge in [-0.2, -0.15) is 0 Å². The average molecular weight is 192 g/mol. The van der Waals surface area contributed by atoms with Crippen molar-refractivity contribution in [3.63, 3.8) is 0 Å².